The molecule has 1 fully saturated rings. The number of carbonyl (C=O) groups is 3. The molecule has 2 N–H and O–H groups in total. The van der Waals surface area contributed by atoms with Crippen molar-refractivity contribution in [1.29, 1.82) is 0 Å². The highest BCUT2D eigenvalue weighted by molar-refractivity contribution is 6.31. The molecule has 1 unspecified atom stereocenters. The molecule has 2 heterocycles. The average Bonchev–Trinajstić information content (AvgIpc) is 3.07. The molecular formula is C25H33ClN2O5. The summed E-state index contributed by atoms with van der Waals surface area (Å²) >= 11 is 6.03. The predicted molar refractivity (Wildman–Crippen MR) is 130 cm³/mol. The summed E-state index contributed by atoms with van der Waals surface area (Å²) in [7, 11) is 0. The number of amides is 1. The Labute approximate surface area is 200 Å². The summed E-state index contributed by atoms with van der Waals surface area (Å²) in [5.41, 5.74) is 1.42. The van der Waals surface area contributed by atoms with Gasteiger partial charge in [0.25, 0.3) is 0 Å². The minimum Gasteiger partial charge on any atom is -0.481 e. The maximum Gasteiger partial charge on any atom is 0.305 e. The van der Waals surface area contributed by atoms with Crippen molar-refractivity contribution in [1.82, 2.24) is 4.90 Å². The zero-order chi connectivity index (χ0) is 24.4. The summed E-state index contributed by atoms with van der Waals surface area (Å²) in [5, 5.41) is 17.7. The lowest BCUT2D eigenvalue weighted by Gasteiger charge is -2.41. The Bertz CT molecular complexity index is 875. The summed E-state index contributed by atoms with van der Waals surface area (Å²) in [6, 6.07) is 8.19. The van der Waals surface area contributed by atoms with Crippen LogP contribution in [0.2, 0.25) is 0 Å². The number of rotatable bonds is 5. The number of piperidine rings is 1. The van der Waals surface area contributed by atoms with Gasteiger partial charge in [0.15, 0.2) is 0 Å². The molecule has 1 aromatic rings. The Hall–Kier alpha value is -2.48. The zero-order valence-electron chi connectivity index (χ0n) is 19.1. The van der Waals surface area contributed by atoms with Crippen molar-refractivity contribution >= 4 is 36.0 Å². The van der Waals surface area contributed by atoms with Crippen molar-refractivity contribution in [2.75, 3.05) is 31.1 Å². The number of anilines is 1. The fraction of sp³-hybridized carbons (Fsp3) is 0.480. The molecule has 8 heteroatoms. The van der Waals surface area contributed by atoms with E-state index in [0.29, 0.717) is 12.6 Å². The molecule has 1 saturated heterocycles. The van der Waals surface area contributed by atoms with Crippen LogP contribution >= 0.6 is 11.6 Å². The first-order chi connectivity index (χ1) is 15.9. The van der Waals surface area contributed by atoms with Gasteiger partial charge in [0.2, 0.25) is 5.91 Å². The largest absolute Gasteiger partial charge is 0.481 e. The molecule has 2 aliphatic heterocycles. The van der Waals surface area contributed by atoms with Gasteiger partial charge in [-0.2, -0.15) is 0 Å². The Morgan fingerprint density at radius 2 is 1.88 bits per heavy atom. The first-order valence-corrected chi connectivity index (χ1v) is 11.6. The molecule has 1 aromatic carbocycles. The quantitative estimate of drug-likeness (QED) is 0.675. The molecule has 7 nitrogen and oxygen atoms in total. The second kappa shape index (κ2) is 12.7. The smallest absolute Gasteiger partial charge is 0.305 e. The van der Waals surface area contributed by atoms with Crippen LogP contribution in [0.4, 0.5) is 5.69 Å². The molecule has 1 aliphatic carbocycles. The lowest BCUT2D eigenvalue weighted by Crippen LogP contribution is -2.51. The molecule has 0 radical (unpaired) electrons. The average molecular weight is 477 g/mol. The van der Waals surface area contributed by atoms with Gasteiger partial charge in [-0.1, -0.05) is 48.9 Å². The molecule has 1 atom stereocenters. The number of fused-ring (bicyclic) bond motifs is 2. The molecule has 0 aromatic heterocycles. The van der Waals surface area contributed by atoms with Crippen molar-refractivity contribution in [3.8, 4) is 0 Å². The third kappa shape index (κ3) is 6.10. The van der Waals surface area contributed by atoms with Gasteiger partial charge in [0.1, 0.15) is 6.79 Å². The van der Waals surface area contributed by atoms with Gasteiger partial charge in [0.05, 0.1) is 11.8 Å². The SMILES string of the molecule is C=O.CCCO.O=C(O)CCN1C(=O)C2(CCN(C3C=CC(Cl)=CC3)CC2)c2ccccc21. The number of carboxylic acids is 1. The van der Waals surface area contributed by atoms with E-state index in [4.69, 9.17) is 26.6 Å². The Morgan fingerprint density at radius 1 is 1.24 bits per heavy atom. The minimum atomic E-state index is -0.883. The number of aliphatic carboxylic acids is 1. The topological polar surface area (TPSA) is 98.1 Å². The lowest BCUT2D eigenvalue weighted by molar-refractivity contribution is -0.136. The van der Waals surface area contributed by atoms with Gasteiger partial charge >= 0.3 is 5.97 Å². The first kappa shape index (κ1) is 26.8. The van der Waals surface area contributed by atoms with Crippen LogP contribution in [0.3, 0.4) is 0 Å². The van der Waals surface area contributed by atoms with Crippen molar-refractivity contribution in [3.63, 3.8) is 0 Å². The van der Waals surface area contributed by atoms with Gasteiger partial charge in [0, 0.05) is 43.0 Å². The van der Waals surface area contributed by atoms with Crippen molar-refractivity contribution < 1.29 is 24.6 Å². The van der Waals surface area contributed by atoms with Gasteiger partial charge in [-0.05, 0) is 43.4 Å². The number of carboxylic acid groups (broad SMARTS) is 1. The molecular weight excluding hydrogens is 444 g/mol. The molecule has 1 spiro atoms. The van der Waals surface area contributed by atoms with E-state index in [-0.39, 0.29) is 18.9 Å². The van der Waals surface area contributed by atoms with Crippen LogP contribution in [0.25, 0.3) is 0 Å². The van der Waals surface area contributed by atoms with Gasteiger partial charge in [-0.25, -0.2) is 0 Å². The van der Waals surface area contributed by atoms with Crippen LogP contribution < -0.4 is 4.90 Å². The Balaban J connectivity index is 0.000000582. The number of nitrogens with zero attached hydrogens (tertiary/aromatic N) is 2. The Morgan fingerprint density at radius 3 is 2.42 bits per heavy atom. The van der Waals surface area contributed by atoms with Crippen LogP contribution in [0.15, 0.2) is 47.5 Å². The number of hydrogen-bond acceptors (Lipinski definition) is 5. The zero-order valence-corrected chi connectivity index (χ0v) is 19.8. The number of halogens is 1. The molecule has 0 bridgehead atoms. The van der Waals surface area contributed by atoms with E-state index in [0.717, 1.165) is 55.1 Å². The van der Waals surface area contributed by atoms with Gasteiger partial charge < -0.3 is 19.9 Å². The third-order valence-corrected chi connectivity index (χ3v) is 6.57. The molecule has 1 amide bonds. The molecule has 0 saturated carbocycles. The molecule has 3 aliphatic rings. The highest BCUT2D eigenvalue weighted by atomic mass is 35.5. The number of carbonyl (C=O) groups excluding carboxylic acids is 2. The predicted octanol–water partition coefficient (Wildman–Crippen LogP) is 3.50. The van der Waals surface area contributed by atoms with Crippen molar-refractivity contribution in [2.45, 2.75) is 50.5 Å². The normalized spacial score (nSPS) is 20.8. The number of aliphatic hydroxyl groups excluding tert-OH is 1. The minimum absolute atomic E-state index is 0.0394. The summed E-state index contributed by atoms with van der Waals surface area (Å²) in [5.74, 6) is -0.821. The number of likely N-dealkylation sites (tertiary alicyclic amines) is 1. The van der Waals surface area contributed by atoms with E-state index in [1.165, 1.54) is 0 Å². The standard InChI is InChI=1S/C21H23ClN2O3.C3H8O.CH2O/c22-15-5-7-16(8-6-15)23-13-10-21(11-14-23)17-3-1-2-4-18(17)24(20(21)27)12-9-19(25)26;1-2-3-4;1-2/h1-7,16H,8-14H2,(H,25,26);4H,2-3H2,1H3;1H2. The number of allylic oxidation sites excluding steroid dienone is 2. The summed E-state index contributed by atoms with van der Waals surface area (Å²) in [6.07, 6.45) is 9.39. The van der Waals surface area contributed by atoms with E-state index in [1.54, 1.807) is 4.90 Å². The first-order valence-electron chi connectivity index (χ1n) is 11.2. The van der Waals surface area contributed by atoms with Crippen LogP contribution in [-0.4, -0.2) is 66.1 Å². The third-order valence-electron chi connectivity index (χ3n) is 6.29. The summed E-state index contributed by atoms with van der Waals surface area (Å²) in [4.78, 5) is 36.5. The van der Waals surface area contributed by atoms with E-state index >= 15 is 0 Å². The molecule has 180 valence electrons. The van der Waals surface area contributed by atoms with E-state index in [9.17, 15) is 9.59 Å². The number of aliphatic hydroxyl groups is 1. The molecule has 33 heavy (non-hydrogen) atoms. The fourth-order valence-electron chi connectivity index (χ4n) is 4.60. The van der Waals surface area contributed by atoms with E-state index < -0.39 is 11.4 Å². The maximum absolute atomic E-state index is 13.4. The monoisotopic (exact) mass is 476 g/mol. The van der Waals surface area contributed by atoms with Crippen molar-refractivity contribution in [3.05, 3.63) is 53.1 Å². The van der Waals surface area contributed by atoms with Crippen LogP contribution in [0, 0.1) is 0 Å². The maximum atomic E-state index is 13.4. The highest BCUT2D eigenvalue weighted by Gasteiger charge is 2.52. The van der Waals surface area contributed by atoms with E-state index in [2.05, 4.69) is 11.0 Å². The lowest BCUT2D eigenvalue weighted by atomic mass is 9.73. The van der Waals surface area contributed by atoms with E-state index in [1.807, 2.05) is 50.1 Å². The summed E-state index contributed by atoms with van der Waals surface area (Å²) < 4.78 is 0. The van der Waals surface area contributed by atoms with Gasteiger partial charge in [-0.15, -0.1) is 0 Å². The fourth-order valence-corrected chi connectivity index (χ4v) is 4.76. The number of hydrogen-bond donors (Lipinski definition) is 2. The van der Waals surface area contributed by atoms with Crippen LogP contribution in [0.5, 0.6) is 0 Å². The van der Waals surface area contributed by atoms with Gasteiger partial charge in [-0.3, -0.25) is 14.5 Å². The molecule has 4 rings (SSSR count). The summed E-state index contributed by atoms with van der Waals surface area (Å²) in [6.45, 7) is 6.16. The van der Waals surface area contributed by atoms with Crippen LogP contribution in [-0.2, 0) is 19.8 Å². The highest BCUT2D eigenvalue weighted by Crippen LogP contribution is 2.48. The Kier molecular flexibility index (Phi) is 10.3. The second-order valence-electron chi connectivity index (χ2n) is 8.21. The second-order valence-corrected chi connectivity index (χ2v) is 8.65. The number of para-hydroxylation sites is 1. The van der Waals surface area contributed by atoms with Crippen molar-refractivity contribution in [2.24, 2.45) is 0 Å². The van der Waals surface area contributed by atoms with Crippen LogP contribution in [0.1, 0.15) is 44.6 Å². The number of benzene rings is 1.